The molecule has 2 aliphatic heterocycles. The number of ether oxygens (including phenoxy) is 2. The molecular formula is C25H25FN4O3. The Kier molecular flexibility index (Phi) is 5.34. The first-order valence-electron chi connectivity index (χ1n) is 10.9. The minimum absolute atomic E-state index is 0.0641. The Hall–Kier alpha value is -3.36. The fourth-order valence-corrected chi connectivity index (χ4v) is 4.51. The molecule has 1 fully saturated rings. The standard InChI is InChI=1S/C25H25FN4O3/c1-25(2,24(27)31)22-16-5-6-18(15-4-8-21(26)29-12-15)30-23(16)33-20-7-3-14(11-17(20)22)19-13-32-10-9-28-19/h3-8,11-12,19,22,28H,9-10,13H2,1-2H3,(H2,27,31)/t19?,22-/m1/s1. The van der Waals surface area contributed by atoms with Crippen LogP contribution in [0.5, 0.6) is 11.6 Å². The Morgan fingerprint density at radius 3 is 2.73 bits per heavy atom. The minimum Gasteiger partial charge on any atom is -0.438 e. The Morgan fingerprint density at radius 1 is 1.18 bits per heavy atom. The summed E-state index contributed by atoms with van der Waals surface area (Å²) in [6.45, 7) is 5.72. The Morgan fingerprint density at radius 2 is 2.03 bits per heavy atom. The van der Waals surface area contributed by atoms with E-state index >= 15 is 0 Å². The summed E-state index contributed by atoms with van der Waals surface area (Å²) in [6.07, 6.45) is 1.43. The Balaban J connectivity index is 1.61. The lowest BCUT2D eigenvalue weighted by molar-refractivity contribution is -0.126. The van der Waals surface area contributed by atoms with Crippen molar-refractivity contribution in [3.05, 3.63) is 71.3 Å². The average Bonchev–Trinajstić information content (AvgIpc) is 2.82. The van der Waals surface area contributed by atoms with Gasteiger partial charge in [0.1, 0.15) is 5.75 Å². The second-order valence-electron chi connectivity index (χ2n) is 8.96. The molecule has 1 saturated heterocycles. The van der Waals surface area contributed by atoms with Gasteiger partial charge in [0, 0.05) is 35.3 Å². The van der Waals surface area contributed by atoms with Crippen molar-refractivity contribution >= 4 is 5.91 Å². The zero-order chi connectivity index (χ0) is 23.2. The molecule has 1 unspecified atom stereocenters. The van der Waals surface area contributed by atoms with Crippen LogP contribution in [0.2, 0.25) is 0 Å². The van der Waals surface area contributed by atoms with Crippen molar-refractivity contribution < 1.29 is 18.7 Å². The number of carbonyl (C=O) groups is 1. The fourth-order valence-electron chi connectivity index (χ4n) is 4.51. The second-order valence-corrected chi connectivity index (χ2v) is 8.96. The number of nitrogens with one attached hydrogen (secondary N) is 1. The molecule has 0 radical (unpaired) electrons. The van der Waals surface area contributed by atoms with Crippen LogP contribution < -0.4 is 15.8 Å². The SMILES string of the molecule is CC(C)(C(N)=O)[C@H]1c2cc(C3COCCN3)ccc2Oc2nc(-c3ccc(F)nc3)ccc21. The predicted molar refractivity (Wildman–Crippen MR) is 120 cm³/mol. The molecule has 170 valence electrons. The summed E-state index contributed by atoms with van der Waals surface area (Å²) in [7, 11) is 0. The molecule has 33 heavy (non-hydrogen) atoms. The summed E-state index contributed by atoms with van der Waals surface area (Å²) in [5.74, 6) is -0.299. The van der Waals surface area contributed by atoms with Crippen molar-refractivity contribution in [3.63, 3.8) is 0 Å². The van der Waals surface area contributed by atoms with Gasteiger partial charge in [0.25, 0.3) is 0 Å². The summed E-state index contributed by atoms with van der Waals surface area (Å²) in [5, 5.41) is 3.46. The molecular weight excluding hydrogens is 423 g/mol. The fraction of sp³-hybridized carbons (Fsp3) is 0.320. The third kappa shape index (κ3) is 3.85. The molecule has 2 atom stereocenters. The lowest BCUT2D eigenvalue weighted by atomic mass is 9.69. The van der Waals surface area contributed by atoms with Gasteiger partial charge in [-0.2, -0.15) is 4.39 Å². The highest BCUT2D eigenvalue weighted by molar-refractivity contribution is 5.83. The van der Waals surface area contributed by atoms with Crippen LogP contribution in [0.1, 0.15) is 42.5 Å². The minimum atomic E-state index is -0.900. The number of carbonyl (C=O) groups excluding carboxylic acids is 1. The highest BCUT2D eigenvalue weighted by Crippen LogP contribution is 2.52. The molecule has 0 aliphatic carbocycles. The van der Waals surface area contributed by atoms with E-state index in [0.717, 1.165) is 23.2 Å². The van der Waals surface area contributed by atoms with Crippen molar-refractivity contribution in [2.24, 2.45) is 11.1 Å². The molecule has 5 rings (SSSR count). The van der Waals surface area contributed by atoms with E-state index in [2.05, 4.69) is 21.4 Å². The van der Waals surface area contributed by atoms with Crippen LogP contribution in [-0.4, -0.2) is 35.6 Å². The van der Waals surface area contributed by atoms with Gasteiger partial charge in [-0.3, -0.25) is 4.79 Å². The summed E-state index contributed by atoms with van der Waals surface area (Å²) in [4.78, 5) is 20.9. The van der Waals surface area contributed by atoms with Crippen molar-refractivity contribution in [2.45, 2.75) is 25.8 Å². The molecule has 4 heterocycles. The monoisotopic (exact) mass is 448 g/mol. The van der Waals surface area contributed by atoms with Crippen molar-refractivity contribution in [3.8, 4) is 22.9 Å². The van der Waals surface area contributed by atoms with Crippen LogP contribution >= 0.6 is 0 Å². The van der Waals surface area contributed by atoms with E-state index in [0.29, 0.717) is 36.1 Å². The topological polar surface area (TPSA) is 99.4 Å². The smallest absolute Gasteiger partial charge is 0.224 e. The number of benzene rings is 1. The summed E-state index contributed by atoms with van der Waals surface area (Å²) >= 11 is 0. The first kappa shape index (κ1) is 21.5. The van der Waals surface area contributed by atoms with Crippen molar-refractivity contribution in [2.75, 3.05) is 19.8 Å². The maximum atomic E-state index is 13.3. The molecule has 2 aliphatic rings. The van der Waals surface area contributed by atoms with E-state index in [1.807, 2.05) is 38.1 Å². The molecule has 1 aromatic carbocycles. The van der Waals surface area contributed by atoms with E-state index in [4.69, 9.17) is 15.2 Å². The number of primary amides is 1. The molecule has 7 nitrogen and oxygen atoms in total. The van der Waals surface area contributed by atoms with Gasteiger partial charge >= 0.3 is 0 Å². The Bertz CT molecular complexity index is 1210. The Labute approximate surface area is 191 Å². The molecule has 0 saturated carbocycles. The summed E-state index contributed by atoms with van der Waals surface area (Å²) in [5.41, 5.74) is 8.94. The van der Waals surface area contributed by atoms with Gasteiger partial charge in [0.05, 0.1) is 30.4 Å². The van der Waals surface area contributed by atoms with Crippen LogP contribution in [0.4, 0.5) is 4.39 Å². The number of hydrogen-bond acceptors (Lipinski definition) is 6. The largest absolute Gasteiger partial charge is 0.438 e. The van der Waals surface area contributed by atoms with Gasteiger partial charge in [-0.25, -0.2) is 9.97 Å². The molecule has 2 aromatic heterocycles. The molecule has 3 N–H and O–H groups in total. The van der Waals surface area contributed by atoms with Crippen molar-refractivity contribution in [1.29, 1.82) is 0 Å². The zero-order valence-corrected chi connectivity index (χ0v) is 18.5. The van der Waals surface area contributed by atoms with Gasteiger partial charge < -0.3 is 20.5 Å². The second kappa shape index (κ2) is 8.20. The normalized spacial score (nSPS) is 19.8. The number of amides is 1. The lowest BCUT2D eigenvalue weighted by Gasteiger charge is -2.37. The maximum Gasteiger partial charge on any atom is 0.224 e. The number of morpholine rings is 1. The van der Waals surface area contributed by atoms with E-state index in [-0.39, 0.29) is 12.0 Å². The van der Waals surface area contributed by atoms with E-state index in [9.17, 15) is 9.18 Å². The van der Waals surface area contributed by atoms with Crippen LogP contribution in [0.25, 0.3) is 11.3 Å². The number of hydrogen-bond donors (Lipinski definition) is 2. The molecule has 0 spiro atoms. The molecule has 1 amide bonds. The quantitative estimate of drug-likeness (QED) is 0.591. The highest BCUT2D eigenvalue weighted by Gasteiger charge is 2.43. The number of nitrogens with zero attached hydrogens (tertiary/aromatic N) is 2. The van der Waals surface area contributed by atoms with Gasteiger partial charge in [-0.05, 0) is 35.9 Å². The third-order valence-corrected chi connectivity index (χ3v) is 6.46. The van der Waals surface area contributed by atoms with Crippen LogP contribution in [-0.2, 0) is 9.53 Å². The number of fused-ring (bicyclic) bond motifs is 2. The van der Waals surface area contributed by atoms with Crippen LogP contribution in [0, 0.1) is 11.4 Å². The van der Waals surface area contributed by atoms with E-state index < -0.39 is 17.3 Å². The summed E-state index contributed by atoms with van der Waals surface area (Å²) < 4.78 is 25.1. The third-order valence-electron chi connectivity index (χ3n) is 6.46. The van der Waals surface area contributed by atoms with Gasteiger partial charge in [-0.15, -0.1) is 0 Å². The first-order chi connectivity index (χ1) is 15.8. The maximum absolute atomic E-state index is 13.3. The molecule has 0 bridgehead atoms. The number of rotatable bonds is 4. The lowest BCUT2D eigenvalue weighted by Crippen LogP contribution is -2.39. The van der Waals surface area contributed by atoms with Gasteiger partial charge in [0.15, 0.2) is 0 Å². The number of pyridine rings is 2. The van der Waals surface area contributed by atoms with Gasteiger partial charge in [0.2, 0.25) is 17.7 Å². The number of aromatic nitrogens is 2. The first-order valence-corrected chi connectivity index (χ1v) is 10.9. The molecule has 8 heteroatoms. The van der Waals surface area contributed by atoms with Crippen molar-refractivity contribution in [1.82, 2.24) is 15.3 Å². The number of nitrogens with two attached hydrogens (primary N) is 1. The average molecular weight is 448 g/mol. The predicted octanol–water partition coefficient (Wildman–Crippen LogP) is 3.69. The van der Waals surface area contributed by atoms with E-state index in [1.165, 1.54) is 12.3 Å². The summed E-state index contributed by atoms with van der Waals surface area (Å²) in [6, 6.07) is 12.7. The van der Waals surface area contributed by atoms with Crippen LogP contribution in [0.15, 0.2) is 48.7 Å². The van der Waals surface area contributed by atoms with E-state index in [1.54, 1.807) is 6.07 Å². The highest BCUT2D eigenvalue weighted by atomic mass is 19.1. The number of halogens is 1. The molecule has 3 aromatic rings. The van der Waals surface area contributed by atoms with Crippen LogP contribution in [0.3, 0.4) is 0 Å². The van der Waals surface area contributed by atoms with Gasteiger partial charge in [-0.1, -0.05) is 26.0 Å². The zero-order valence-electron chi connectivity index (χ0n) is 18.5.